The molecule has 0 saturated heterocycles. The molecule has 3 aromatic rings. The lowest BCUT2D eigenvalue weighted by molar-refractivity contribution is 0.509. The lowest BCUT2D eigenvalue weighted by atomic mass is 10.2. The quantitative estimate of drug-likeness (QED) is 0.746. The fourth-order valence-corrected chi connectivity index (χ4v) is 2.14. The Morgan fingerprint density at radius 2 is 1.67 bits per heavy atom. The molecule has 7 heteroatoms. The fourth-order valence-electron chi connectivity index (χ4n) is 2.14. The van der Waals surface area contributed by atoms with Gasteiger partial charge in [0.15, 0.2) is 11.6 Å². The first-order valence-electron chi connectivity index (χ1n) is 7.31. The molecule has 5 nitrogen and oxygen atoms in total. The molecule has 3 rings (SSSR count). The second-order valence-corrected chi connectivity index (χ2v) is 5.15. The number of halogens is 2. The highest BCUT2D eigenvalue weighted by atomic mass is 19.2. The van der Waals surface area contributed by atoms with Crippen LogP contribution < -0.4 is 10.6 Å². The van der Waals surface area contributed by atoms with E-state index in [0.29, 0.717) is 29.7 Å². The van der Waals surface area contributed by atoms with Gasteiger partial charge in [0.2, 0.25) is 0 Å². The van der Waals surface area contributed by atoms with Gasteiger partial charge in [-0.15, -0.1) is 0 Å². The van der Waals surface area contributed by atoms with Crippen LogP contribution in [0.5, 0.6) is 0 Å². The van der Waals surface area contributed by atoms with E-state index < -0.39 is 11.6 Å². The average molecular weight is 327 g/mol. The van der Waals surface area contributed by atoms with Gasteiger partial charge in [-0.2, -0.15) is 0 Å². The predicted octanol–water partition coefficient (Wildman–Crippen LogP) is 3.81. The van der Waals surface area contributed by atoms with Crippen molar-refractivity contribution in [2.75, 3.05) is 10.6 Å². The molecule has 0 unspecified atom stereocenters. The molecule has 0 aliphatic carbocycles. The number of hydrogen-bond donors (Lipinski definition) is 2. The first-order chi connectivity index (χ1) is 11.6. The van der Waals surface area contributed by atoms with E-state index in [1.54, 1.807) is 25.4 Å². The number of anilines is 3. The molecule has 0 atom stereocenters. The Balaban J connectivity index is 1.74. The molecular formula is C17H15F2N5. The fraction of sp³-hybridized carbons (Fsp3) is 0.118. The number of nitrogens with one attached hydrogen (secondary N) is 2. The van der Waals surface area contributed by atoms with E-state index in [4.69, 9.17) is 0 Å². The molecule has 0 radical (unpaired) electrons. The van der Waals surface area contributed by atoms with Crippen molar-refractivity contribution in [3.63, 3.8) is 0 Å². The molecule has 0 spiro atoms. The highest BCUT2D eigenvalue weighted by Gasteiger charge is 2.06. The minimum atomic E-state index is -0.915. The topological polar surface area (TPSA) is 62.7 Å². The van der Waals surface area contributed by atoms with Crippen LogP contribution in [0, 0.1) is 18.6 Å². The van der Waals surface area contributed by atoms with E-state index in [1.807, 2.05) is 12.1 Å². The molecule has 2 heterocycles. The van der Waals surface area contributed by atoms with Gasteiger partial charge in [-0.25, -0.2) is 18.7 Å². The summed E-state index contributed by atoms with van der Waals surface area (Å²) in [5.41, 5.74) is 1.48. The number of aryl methyl sites for hydroxylation is 1. The number of hydrogen-bond acceptors (Lipinski definition) is 5. The number of nitrogens with zero attached hydrogens (tertiary/aromatic N) is 3. The average Bonchev–Trinajstić information content (AvgIpc) is 2.57. The van der Waals surface area contributed by atoms with Crippen LogP contribution in [0.25, 0.3) is 0 Å². The molecule has 1 aromatic carbocycles. The van der Waals surface area contributed by atoms with Gasteiger partial charge in [-0.1, -0.05) is 0 Å². The molecule has 2 N–H and O–H groups in total. The Labute approximate surface area is 137 Å². The maximum absolute atomic E-state index is 13.3. The van der Waals surface area contributed by atoms with Gasteiger partial charge in [0, 0.05) is 36.8 Å². The van der Waals surface area contributed by atoms with Gasteiger partial charge in [0.25, 0.3) is 0 Å². The van der Waals surface area contributed by atoms with Crippen molar-refractivity contribution < 1.29 is 8.78 Å². The summed E-state index contributed by atoms with van der Waals surface area (Å²) in [5.74, 6) is -0.129. The van der Waals surface area contributed by atoms with Crippen LogP contribution in [-0.4, -0.2) is 15.0 Å². The van der Waals surface area contributed by atoms with Gasteiger partial charge in [-0.3, -0.25) is 4.98 Å². The summed E-state index contributed by atoms with van der Waals surface area (Å²) in [6, 6.07) is 9.10. The lowest BCUT2D eigenvalue weighted by Crippen LogP contribution is -2.05. The van der Waals surface area contributed by atoms with Crippen LogP contribution in [-0.2, 0) is 6.54 Å². The van der Waals surface area contributed by atoms with Crippen LogP contribution in [0.3, 0.4) is 0 Å². The highest BCUT2D eigenvalue weighted by molar-refractivity contribution is 5.59. The van der Waals surface area contributed by atoms with Gasteiger partial charge in [0.1, 0.15) is 17.5 Å². The summed E-state index contributed by atoms with van der Waals surface area (Å²) in [4.78, 5) is 12.5. The zero-order valence-electron chi connectivity index (χ0n) is 12.9. The van der Waals surface area contributed by atoms with Crippen LogP contribution >= 0.6 is 0 Å². The minimum Gasteiger partial charge on any atom is -0.366 e. The Kier molecular flexibility index (Phi) is 4.60. The van der Waals surface area contributed by atoms with Gasteiger partial charge in [-0.05, 0) is 36.8 Å². The molecule has 0 fully saturated rings. The van der Waals surface area contributed by atoms with Crippen molar-refractivity contribution in [1.29, 1.82) is 0 Å². The summed E-state index contributed by atoms with van der Waals surface area (Å²) in [5, 5.41) is 6.14. The predicted molar refractivity (Wildman–Crippen MR) is 88.0 cm³/mol. The SMILES string of the molecule is Cc1nc(NCc2ccncc2)cc(Nc2ccc(F)c(F)c2)n1. The molecular weight excluding hydrogens is 312 g/mol. The normalized spacial score (nSPS) is 10.5. The van der Waals surface area contributed by atoms with Crippen molar-refractivity contribution >= 4 is 17.3 Å². The van der Waals surface area contributed by atoms with Crippen molar-refractivity contribution in [2.24, 2.45) is 0 Å². The lowest BCUT2D eigenvalue weighted by Gasteiger charge is -2.10. The summed E-state index contributed by atoms with van der Waals surface area (Å²) in [6.45, 7) is 2.34. The Bertz CT molecular complexity index is 840. The monoisotopic (exact) mass is 327 g/mol. The van der Waals surface area contributed by atoms with E-state index >= 15 is 0 Å². The minimum absolute atomic E-state index is 0.409. The van der Waals surface area contributed by atoms with E-state index in [-0.39, 0.29) is 0 Å². The van der Waals surface area contributed by atoms with Crippen LogP contribution in [0.2, 0.25) is 0 Å². The third-order valence-electron chi connectivity index (χ3n) is 3.25. The van der Waals surface area contributed by atoms with E-state index in [1.165, 1.54) is 6.07 Å². The maximum Gasteiger partial charge on any atom is 0.160 e. The van der Waals surface area contributed by atoms with E-state index in [9.17, 15) is 8.78 Å². The molecule has 2 aromatic heterocycles. The van der Waals surface area contributed by atoms with Gasteiger partial charge < -0.3 is 10.6 Å². The largest absolute Gasteiger partial charge is 0.366 e. The second kappa shape index (κ2) is 6.99. The first-order valence-corrected chi connectivity index (χ1v) is 7.31. The molecule has 0 saturated carbocycles. The van der Waals surface area contributed by atoms with E-state index in [2.05, 4.69) is 25.6 Å². The van der Waals surface area contributed by atoms with Crippen molar-refractivity contribution in [1.82, 2.24) is 15.0 Å². The third-order valence-corrected chi connectivity index (χ3v) is 3.25. The van der Waals surface area contributed by atoms with Gasteiger partial charge >= 0.3 is 0 Å². The smallest absolute Gasteiger partial charge is 0.160 e. The molecule has 0 bridgehead atoms. The number of aromatic nitrogens is 3. The number of pyridine rings is 1. The molecule has 0 amide bonds. The maximum atomic E-state index is 13.3. The van der Waals surface area contributed by atoms with Crippen LogP contribution in [0.4, 0.5) is 26.1 Å². The summed E-state index contributed by atoms with van der Waals surface area (Å²) < 4.78 is 26.3. The molecule has 24 heavy (non-hydrogen) atoms. The molecule has 122 valence electrons. The van der Waals surface area contributed by atoms with Gasteiger partial charge in [0.05, 0.1) is 0 Å². The Hall–Kier alpha value is -3.09. The Morgan fingerprint density at radius 3 is 2.42 bits per heavy atom. The highest BCUT2D eigenvalue weighted by Crippen LogP contribution is 2.19. The number of benzene rings is 1. The summed E-state index contributed by atoms with van der Waals surface area (Å²) >= 11 is 0. The summed E-state index contributed by atoms with van der Waals surface area (Å²) in [7, 11) is 0. The molecule has 0 aliphatic rings. The number of rotatable bonds is 5. The van der Waals surface area contributed by atoms with Crippen molar-refractivity contribution in [3.05, 3.63) is 71.8 Å². The zero-order valence-corrected chi connectivity index (χ0v) is 12.9. The summed E-state index contributed by atoms with van der Waals surface area (Å²) in [6.07, 6.45) is 3.44. The van der Waals surface area contributed by atoms with E-state index in [0.717, 1.165) is 17.7 Å². The Morgan fingerprint density at radius 1 is 0.917 bits per heavy atom. The van der Waals surface area contributed by atoms with Crippen molar-refractivity contribution in [3.8, 4) is 0 Å². The third kappa shape index (κ3) is 4.01. The second-order valence-electron chi connectivity index (χ2n) is 5.15. The standard InChI is InChI=1S/C17H15F2N5/c1-11-22-16(21-10-12-4-6-20-7-5-12)9-17(23-11)24-13-2-3-14(18)15(19)8-13/h2-9H,10H2,1H3,(H2,21,22,23,24). The van der Waals surface area contributed by atoms with Crippen LogP contribution in [0.1, 0.15) is 11.4 Å². The van der Waals surface area contributed by atoms with Crippen molar-refractivity contribution in [2.45, 2.75) is 13.5 Å². The zero-order chi connectivity index (χ0) is 16.9. The molecule has 0 aliphatic heterocycles. The van der Waals surface area contributed by atoms with Crippen LogP contribution in [0.15, 0.2) is 48.8 Å². The first kappa shape index (κ1) is 15.8.